The van der Waals surface area contributed by atoms with E-state index >= 15 is 0 Å². The van der Waals surface area contributed by atoms with E-state index in [9.17, 15) is 9.59 Å². The Balaban J connectivity index is 1.90. The molecule has 0 saturated carbocycles. The third kappa shape index (κ3) is 2.78. The molecule has 6 heteroatoms. The van der Waals surface area contributed by atoms with Gasteiger partial charge in [0.25, 0.3) is 5.91 Å². The van der Waals surface area contributed by atoms with Gasteiger partial charge in [0.1, 0.15) is 5.69 Å². The maximum atomic E-state index is 12.5. The molecule has 3 aromatic rings. The molecule has 5 nitrogen and oxygen atoms in total. The molecular formula is C17H14ClN3O2. The average Bonchev–Trinajstić information content (AvgIpc) is 2.87. The van der Waals surface area contributed by atoms with Crippen molar-refractivity contribution in [3.63, 3.8) is 0 Å². The molecule has 3 rings (SSSR count). The minimum Gasteiger partial charge on any atom is -0.366 e. The van der Waals surface area contributed by atoms with E-state index in [0.29, 0.717) is 22.0 Å². The zero-order valence-corrected chi connectivity index (χ0v) is 13.1. The molecule has 0 spiro atoms. The van der Waals surface area contributed by atoms with Gasteiger partial charge in [0.2, 0.25) is 5.91 Å². The molecule has 0 aliphatic heterocycles. The van der Waals surface area contributed by atoms with Crippen molar-refractivity contribution in [1.82, 2.24) is 4.57 Å². The van der Waals surface area contributed by atoms with Gasteiger partial charge in [-0.1, -0.05) is 17.7 Å². The Kier molecular flexibility index (Phi) is 3.80. The van der Waals surface area contributed by atoms with Crippen molar-refractivity contribution in [2.75, 3.05) is 5.32 Å². The van der Waals surface area contributed by atoms with Crippen molar-refractivity contribution in [2.24, 2.45) is 12.8 Å². The van der Waals surface area contributed by atoms with Crippen molar-refractivity contribution in [3.8, 4) is 0 Å². The molecule has 3 N–H and O–H groups in total. The SMILES string of the molecule is Cn1c(C(=O)Nc2ccc(C(N)=O)cc2)cc2c(Cl)cccc21. The van der Waals surface area contributed by atoms with Crippen molar-refractivity contribution in [1.29, 1.82) is 0 Å². The highest BCUT2D eigenvalue weighted by Gasteiger charge is 2.15. The minimum atomic E-state index is -0.508. The Morgan fingerprint density at radius 2 is 1.83 bits per heavy atom. The summed E-state index contributed by atoms with van der Waals surface area (Å²) >= 11 is 6.17. The van der Waals surface area contributed by atoms with E-state index < -0.39 is 5.91 Å². The first-order chi connectivity index (χ1) is 11.0. The molecule has 2 aromatic carbocycles. The first-order valence-electron chi connectivity index (χ1n) is 6.92. The number of halogens is 1. The van der Waals surface area contributed by atoms with E-state index in [0.717, 1.165) is 10.9 Å². The molecule has 0 unspecified atom stereocenters. The number of carbonyl (C=O) groups excluding carboxylic acids is 2. The molecule has 116 valence electrons. The predicted molar refractivity (Wildman–Crippen MR) is 90.8 cm³/mol. The van der Waals surface area contributed by atoms with E-state index in [2.05, 4.69) is 5.32 Å². The Morgan fingerprint density at radius 1 is 1.13 bits per heavy atom. The number of benzene rings is 2. The van der Waals surface area contributed by atoms with Crippen LogP contribution in [0.25, 0.3) is 10.9 Å². The topological polar surface area (TPSA) is 77.1 Å². The van der Waals surface area contributed by atoms with Gasteiger partial charge in [0.05, 0.1) is 0 Å². The molecule has 0 aliphatic carbocycles. The lowest BCUT2D eigenvalue weighted by atomic mass is 10.2. The standard InChI is InChI=1S/C17H14ClN3O2/c1-21-14-4-2-3-13(18)12(14)9-15(21)17(23)20-11-7-5-10(6-8-11)16(19)22/h2-9H,1H3,(H2,19,22)(H,20,23). The third-order valence-corrected chi connectivity index (χ3v) is 4.02. The number of hydrogen-bond acceptors (Lipinski definition) is 2. The summed E-state index contributed by atoms with van der Waals surface area (Å²) in [6, 6.07) is 13.7. The minimum absolute atomic E-state index is 0.258. The number of nitrogens with one attached hydrogen (secondary N) is 1. The summed E-state index contributed by atoms with van der Waals surface area (Å²) in [7, 11) is 1.81. The fourth-order valence-electron chi connectivity index (χ4n) is 2.46. The Hall–Kier alpha value is -2.79. The molecule has 1 heterocycles. The zero-order chi connectivity index (χ0) is 16.6. The van der Waals surface area contributed by atoms with Gasteiger partial charge >= 0.3 is 0 Å². The average molecular weight is 328 g/mol. The summed E-state index contributed by atoms with van der Waals surface area (Å²) in [6.07, 6.45) is 0. The maximum absolute atomic E-state index is 12.5. The molecular weight excluding hydrogens is 314 g/mol. The summed E-state index contributed by atoms with van der Waals surface area (Å²) in [5.41, 5.74) is 7.53. The van der Waals surface area contributed by atoms with Crippen LogP contribution in [-0.4, -0.2) is 16.4 Å². The fourth-order valence-corrected chi connectivity index (χ4v) is 2.68. The largest absolute Gasteiger partial charge is 0.366 e. The van der Waals surface area contributed by atoms with Gasteiger partial charge in [-0.2, -0.15) is 0 Å². The van der Waals surface area contributed by atoms with Crippen LogP contribution in [-0.2, 0) is 7.05 Å². The summed E-state index contributed by atoms with van der Waals surface area (Å²) in [6.45, 7) is 0. The smallest absolute Gasteiger partial charge is 0.272 e. The molecule has 0 bridgehead atoms. The van der Waals surface area contributed by atoms with Crippen LogP contribution in [0.3, 0.4) is 0 Å². The number of primary amides is 1. The fraction of sp³-hybridized carbons (Fsp3) is 0.0588. The normalized spacial score (nSPS) is 10.7. The van der Waals surface area contributed by atoms with Gasteiger partial charge in [0, 0.05) is 34.2 Å². The molecule has 2 amide bonds. The van der Waals surface area contributed by atoms with Crippen LogP contribution in [0, 0.1) is 0 Å². The van der Waals surface area contributed by atoms with Crippen molar-refractivity contribution < 1.29 is 9.59 Å². The third-order valence-electron chi connectivity index (χ3n) is 3.69. The quantitative estimate of drug-likeness (QED) is 0.775. The van der Waals surface area contributed by atoms with Gasteiger partial charge in [-0.15, -0.1) is 0 Å². The van der Waals surface area contributed by atoms with Gasteiger partial charge in [-0.05, 0) is 42.5 Å². The number of amides is 2. The molecule has 23 heavy (non-hydrogen) atoms. The summed E-state index contributed by atoms with van der Waals surface area (Å²) in [4.78, 5) is 23.5. The molecule has 1 aromatic heterocycles. The molecule has 0 atom stereocenters. The lowest BCUT2D eigenvalue weighted by molar-refractivity contribution is 0.0997. The lowest BCUT2D eigenvalue weighted by Crippen LogP contribution is -2.16. The van der Waals surface area contributed by atoms with Crippen LogP contribution in [0.1, 0.15) is 20.8 Å². The van der Waals surface area contributed by atoms with Crippen molar-refractivity contribution in [3.05, 3.63) is 64.8 Å². The number of rotatable bonds is 3. The second kappa shape index (κ2) is 5.78. The highest BCUT2D eigenvalue weighted by Crippen LogP contribution is 2.26. The number of hydrogen-bond donors (Lipinski definition) is 2. The molecule has 0 aliphatic rings. The van der Waals surface area contributed by atoms with Crippen molar-refractivity contribution in [2.45, 2.75) is 0 Å². The van der Waals surface area contributed by atoms with E-state index in [1.807, 2.05) is 19.2 Å². The van der Waals surface area contributed by atoms with Gasteiger partial charge in [-0.3, -0.25) is 9.59 Å². The highest BCUT2D eigenvalue weighted by atomic mass is 35.5. The van der Waals surface area contributed by atoms with Crippen LogP contribution < -0.4 is 11.1 Å². The Bertz CT molecular complexity index is 913. The summed E-state index contributed by atoms with van der Waals surface area (Å²) in [5.74, 6) is -0.766. The maximum Gasteiger partial charge on any atom is 0.272 e. The molecule has 0 saturated heterocycles. The molecule has 0 fully saturated rings. The van der Waals surface area contributed by atoms with E-state index in [4.69, 9.17) is 17.3 Å². The van der Waals surface area contributed by atoms with Crippen LogP contribution in [0.2, 0.25) is 5.02 Å². The first-order valence-corrected chi connectivity index (χ1v) is 7.30. The Labute approximate surface area is 137 Å². The molecule has 0 radical (unpaired) electrons. The van der Waals surface area contributed by atoms with Crippen LogP contribution in [0.15, 0.2) is 48.5 Å². The Morgan fingerprint density at radius 3 is 2.43 bits per heavy atom. The van der Waals surface area contributed by atoms with Crippen molar-refractivity contribution >= 4 is 40.0 Å². The number of nitrogens with zero attached hydrogens (tertiary/aromatic N) is 1. The number of aromatic nitrogens is 1. The van der Waals surface area contributed by atoms with E-state index in [-0.39, 0.29) is 5.91 Å². The predicted octanol–water partition coefficient (Wildman–Crippen LogP) is 3.18. The number of anilines is 1. The number of fused-ring (bicyclic) bond motifs is 1. The number of nitrogens with two attached hydrogens (primary N) is 1. The highest BCUT2D eigenvalue weighted by molar-refractivity contribution is 6.35. The second-order valence-electron chi connectivity index (χ2n) is 5.16. The monoisotopic (exact) mass is 327 g/mol. The van der Waals surface area contributed by atoms with E-state index in [1.54, 1.807) is 41.0 Å². The second-order valence-corrected chi connectivity index (χ2v) is 5.56. The van der Waals surface area contributed by atoms with Gasteiger partial charge in [-0.25, -0.2) is 0 Å². The van der Waals surface area contributed by atoms with Crippen LogP contribution in [0.4, 0.5) is 5.69 Å². The lowest BCUT2D eigenvalue weighted by Gasteiger charge is -2.07. The first kappa shape index (κ1) is 15.1. The van der Waals surface area contributed by atoms with Gasteiger partial charge < -0.3 is 15.6 Å². The van der Waals surface area contributed by atoms with Crippen LogP contribution >= 0.6 is 11.6 Å². The van der Waals surface area contributed by atoms with E-state index in [1.165, 1.54) is 0 Å². The number of aryl methyl sites for hydroxylation is 1. The van der Waals surface area contributed by atoms with Crippen LogP contribution in [0.5, 0.6) is 0 Å². The summed E-state index contributed by atoms with van der Waals surface area (Å²) in [5, 5.41) is 4.22. The summed E-state index contributed by atoms with van der Waals surface area (Å²) < 4.78 is 1.79. The van der Waals surface area contributed by atoms with Gasteiger partial charge in [0.15, 0.2) is 0 Å². The zero-order valence-electron chi connectivity index (χ0n) is 12.3. The number of carbonyl (C=O) groups is 2.